The monoisotopic (exact) mass is 1090 g/mol. The summed E-state index contributed by atoms with van der Waals surface area (Å²) in [5.74, 6) is 26.5. The van der Waals surface area contributed by atoms with E-state index in [1.54, 1.807) is 0 Å². The van der Waals surface area contributed by atoms with E-state index in [1.807, 2.05) is 109 Å². The second-order valence-electron chi connectivity index (χ2n) is 21.0. The molecule has 16 bridgehead atoms. The van der Waals surface area contributed by atoms with Gasteiger partial charge in [-0.25, -0.2) is 19.9 Å². The lowest BCUT2D eigenvalue weighted by atomic mass is 10.0. The van der Waals surface area contributed by atoms with Crippen LogP contribution >= 0.6 is 0 Å². The molecule has 0 saturated heterocycles. The van der Waals surface area contributed by atoms with Crippen LogP contribution in [-0.2, 0) is 0 Å². The molecular weight excluding hydrogens is 1050 g/mol. The van der Waals surface area contributed by atoms with Gasteiger partial charge in [0.1, 0.15) is 0 Å². The van der Waals surface area contributed by atoms with Gasteiger partial charge in [-0.2, -0.15) is 0 Å². The van der Waals surface area contributed by atoms with Crippen molar-refractivity contribution >= 4 is 92.7 Å². The molecule has 0 spiro atoms. The third-order valence-corrected chi connectivity index (χ3v) is 14.8. The van der Waals surface area contributed by atoms with E-state index in [0.29, 0.717) is 0 Å². The van der Waals surface area contributed by atoms with Crippen LogP contribution in [0, 0.1) is 47.4 Å². The van der Waals surface area contributed by atoms with Crippen molar-refractivity contribution in [2.75, 3.05) is 0 Å². The summed E-state index contributed by atoms with van der Waals surface area (Å²) in [5.41, 5.74) is 26.2. The maximum atomic E-state index is 5.05. The molecule has 10 heterocycles. The van der Waals surface area contributed by atoms with Crippen molar-refractivity contribution < 1.29 is 0 Å². The van der Waals surface area contributed by atoms with Crippen molar-refractivity contribution in [1.82, 2.24) is 39.9 Å². The van der Waals surface area contributed by atoms with Gasteiger partial charge in [-0.15, -0.1) is 0 Å². The van der Waals surface area contributed by atoms with E-state index >= 15 is 0 Å². The van der Waals surface area contributed by atoms with Gasteiger partial charge in [0.05, 0.1) is 45.6 Å². The molecule has 86 heavy (non-hydrogen) atoms. The van der Waals surface area contributed by atoms with Gasteiger partial charge in [0, 0.05) is 99.8 Å². The summed E-state index contributed by atoms with van der Waals surface area (Å²) in [6.07, 6.45) is 16.4. The highest BCUT2D eigenvalue weighted by atomic mass is 14.8. The largest absolute Gasteiger partial charge is 0.355 e. The number of nitrogens with zero attached hydrogens (tertiary/aromatic N) is 4. The Morgan fingerprint density at radius 1 is 0.209 bits per heavy atom. The van der Waals surface area contributed by atoms with Crippen LogP contribution in [0.1, 0.15) is 90.1 Å². The van der Waals surface area contributed by atoms with Crippen molar-refractivity contribution in [3.8, 4) is 69.6 Å². The lowest BCUT2D eigenvalue weighted by Crippen LogP contribution is -1.86. The number of fused-ring (bicyclic) bond motifs is 16. The van der Waals surface area contributed by atoms with Gasteiger partial charge in [0.15, 0.2) is 0 Å². The number of nitrogens with one attached hydrogen (secondary N) is 4. The Hall–Kier alpha value is -12.5. The van der Waals surface area contributed by atoms with Gasteiger partial charge < -0.3 is 19.9 Å². The van der Waals surface area contributed by atoms with E-state index in [4.69, 9.17) is 19.9 Å². The topological polar surface area (TPSA) is 115 Å². The van der Waals surface area contributed by atoms with E-state index in [2.05, 4.69) is 213 Å². The maximum absolute atomic E-state index is 5.05. The average molecular weight is 1100 g/mol. The van der Waals surface area contributed by atoms with E-state index < -0.39 is 0 Å². The Bertz CT molecular complexity index is 4980. The Labute approximate surface area is 495 Å². The SMILES string of the molecule is C(#Cc1ccc(C#Cc2ccc(-c3c4nc(cc5ccc(cc6nc(cc7ccc3[nH]7)C=C6)[nH]5)C=C4)cc2)cc1)c1ccc(C#Cc2ccc(C#Cc3ccc(-c4c5nc(cc6ccc(cc7nc(cc8ccc4[nH]8)C=C7)[nH]6)C=C5)cc3)cc2)cc1. The molecule has 5 aromatic carbocycles. The summed E-state index contributed by atoms with van der Waals surface area (Å²) in [4.78, 5) is 33.9. The number of H-pyrrole nitrogens is 4. The van der Waals surface area contributed by atoms with Crippen molar-refractivity contribution in [3.05, 3.63) is 296 Å². The Kier molecular flexibility index (Phi) is 13.0. The van der Waals surface area contributed by atoms with E-state index in [-0.39, 0.29) is 0 Å². The number of benzene rings is 5. The summed E-state index contributed by atoms with van der Waals surface area (Å²) in [7, 11) is 0. The maximum Gasteiger partial charge on any atom is 0.0736 e. The standard InChI is InChI=1S/C78H46N8/c1-2-52(6-8-54-11-15-56(16-12-54)18-20-58-23-27-60(28-24-58)78-75-43-39-71(85-75)49-67-35-31-63(81-67)46-64-32-36-68(82-64)50-72-40-44-76(78)86-72)4-3-51(1)5-7-53-9-13-55(14-10-53)17-19-57-21-25-59(26-22-57)77-73-41-37-69(83-73)47-65-33-29-61(79-65)45-62-30-34-66(80-62)48-70-38-42-74(77)84-70/h1-4,9-16,21-50,79,81,84,86H. The molecule has 4 aliphatic rings. The van der Waals surface area contributed by atoms with Crippen LogP contribution in [0.2, 0.25) is 0 Å². The second-order valence-corrected chi connectivity index (χ2v) is 21.0. The third kappa shape index (κ3) is 11.3. The third-order valence-electron chi connectivity index (χ3n) is 14.8. The average Bonchev–Trinajstić information content (AvgIpc) is 4.58. The fourth-order valence-electron chi connectivity index (χ4n) is 10.6. The van der Waals surface area contributed by atoms with E-state index in [1.165, 1.54) is 0 Å². The Morgan fingerprint density at radius 3 is 0.709 bits per heavy atom. The van der Waals surface area contributed by atoms with E-state index in [9.17, 15) is 0 Å². The fourth-order valence-corrected chi connectivity index (χ4v) is 10.6. The smallest absolute Gasteiger partial charge is 0.0736 e. The molecule has 0 amide bonds. The molecule has 8 nitrogen and oxygen atoms in total. The summed E-state index contributed by atoms with van der Waals surface area (Å²) < 4.78 is 0. The van der Waals surface area contributed by atoms with Crippen LogP contribution in [0.3, 0.4) is 0 Å². The highest BCUT2D eigenvalue weighted by Gasteiger charge is 2.14. The normalized spacial score (nSPS) is 11.6. The van der Waals surface area contributed by atoms with Gasteiger partial charge in [0.2, 0.25) is 0 Å². The number of aromatic nitrogens is 8. The Morgan fingerprint density at radius 2 is 0.430 bits per heavy atom. The van der Waals surface area contributed by atoms with Crippen molar-refractivity contribution in [3.63, 3.8) is 0 Å². The molecule has 11 aromatic rings. The molecule has 8 heteroatoms. The summed E-state index contributed by atoms with van der Waals surface area (Å²) >= 11 is 0. The van der Waals surface area contributed by atoms with Crippen LogP contribution in [-0.4, -0.2) is 39.9 Å². The zero-order chi connectivity index (χ0) is 57.2. The van der Waals surface area contributed by atoms with Gasteiger partial charge in [-0.3, -0.25) is 0 Å². The highest BCUT2D eigenvalue weighted by molar-refractivity contribution is 5.93. The summed E-state index contributed by atoms with van der Waals surface area (Å²) in [6, 6.07) is 69.7. The van der Waals surface area contributed by atoms with Crippen LogP contribution < -0.4 is 0 Å². The van der Waals surface area contributed by atoms with Gasteiger partial charge >= 0.3 is 0 Å². The molecule has 4 N–H and O–H groups in total. The minimum atomic E-state index is 0.874. The molecule has 0 saturated carbocycles. The summed E-state index contributed by atoms with van der Waals surface area (Å²) in [6.45, 7) is 0. The van der Waals surface area contributed by atoms with Crippen LogP contribution in [0.25, 0.3) is 115 Å². The number of hydrogen-bond acceptors (Lipinski definition) is 4. The predicted octanol–water partition coefficient (Wildman–Crippen LogP) is 16.6. The molecule has 0 aliphatic carbocycles. The molecule has 15 rings (SSSR count). The minimum absolute atomic E-state index is 0.874. The molecule has 0 radical (unpaired) electrons. The zero-order valence-corrected chi connectivity index (χ0v) is 46.0. The summed E-state index contributed by atoms with van der Waals surface area (Å²) in [5, 5.41) is 0. The van der Waals surface area contributed by atoms with Crippen molar-refractivity contribution in [2.45, 2.75) is 0 Å². The molecule has 0 unspecified atom stereocenters. The van der Waals surface area contributed by atoms with Crippen LogP contribution in [0.4, 0.5) is 0 Å². The quantitative estimate of drug-likeness (QED) is 0.129. The number of aromatic amines is 4. The first kappa shape index (κ1) is 50.5. The van der Waals surface area contributed by atoms with Crippen molar-refractivity contribution in [1.29, 1.82) is 0 Å². The first-order chi connectivity index (χ1) is 42.4. The van der Waals surface area contributed by atoms with E-state index in [0.717, 1.165) is 156 Å². The molecule has 0 atom stereocenters. The van der Waals surface area contributed by atoms with Crippen LogP contribution in [0.5, 0.6) is 0 Å². The molecule has 4 aliphatic heterocycles. The van der Waals surface area contributed by atoms with Gasteiger partial charge in [0.25, 0.3) is 0 Å². The van der Waals surface area contributed by atoms with Crippen LogP contribution in [0.15, 0.2) is 206 Å². The van der Waals surface area contributed by atoms with Crippen molar-refractivity contribution in [2.24, 2.45) is 0 Å². The molecule has 398 valence electrons. The first-order valence-electron chi connectivity index (χ1n) is 28.1. The van der Waals surface area contributed by atoms with Gasteiger partial charge in [-0.1, -0.05) is 71.6 Å². The second kappa shape index (κ2) is 22.1. The molecular formula is C78H46N8. The zero-order valence-electron chi connectivity index (χ0n) is 46.0. The molecule has 0 fully saturated rings. The van der Waals surface area contributed by atoms with Gasteiger partial charge in [-0.05, 0) is 242 Å². The number of rotatable bonds is 2. The molecule has 6 aromatic heterocycles. The Balaban J connectivity index is 0.589. The fraction of sp³-hybridized carbons (Fsp3) is 0. The number of hydrogen-bond donors (Lipinski definition) is 4. The highest BCUT2D eigenvalue weighted by Crippen LogP contribution is 2.32. The lowest BCUT2D eigenvalue weighted by Gasteiger charge is -2.04. The lowest BCUT2D eigenvalue weighted by molar-refractivity contribution is 1.31. The first-order valence-corrected chi connectivity index (χ1v) is 28.1. The minimum Gasteiger partial charge on any atom is -0.355 e. The predicted molar refractivity (Wildman–Crippen MR) is 352 cm³/mol.